The Morgan fingerprint density at radius 2 is 2.29 bits per heavy atom. The van der Waals surface area contributed by atoms with Crippen molar-refractivity contribution < 1.29 is 4.79 Å². The summed E-state index contributed by atoms with van der Waals surface area (Å²) in [5.74, 6) is 0. The van der Waals surface area contributed by atoms with Crippen LogP contribution < -0.4 is 5.32 Å². The molecule has 2 heteroatoms. The van der Waals surface area contributed by atoms with Gasteiger partial charge in [-0.05, 0) is 13.8 Å². The van der Waals surface area contributed by atoms with E-state index in [1.165, 1.54) is 0 Å². The standard InChI is InChI=1S/C5H9NO/c1-3-5(2)6-4-7/h3-4H,1-2H3,(H,6,7)/b5-3+. The quantitative estimate of drug-likeness (QED) is 0.506. The van der Waals surface area contributed by atoms with Crippen LogP contribution >= 0.6 is 0 Å². The van der Waals surface area contributed by atoms with Gasteiger partial charge >= 0.3 is 0 Å². The summed E-state index contributed by atoms with van der Waals surface area (Å²) >= 11 is 0. The average Bonchev–Trinajstić information content (AvgIpc) is 1.68. The highest BCUT2D eigenvalue weighted by Gasteiger charge is 1.75. The minimum absolute atomic E-state index is 0.662. The van der Waals surface area contributed by atoms with Crippen molar-refractivity contribution in [2.24, 2.45) is 0 Å². The van der Waals surface area contributed by atoms with Crippen LogP contribution in [0.15, 0.2) is 11.8 Å². The third kappa shape index (κ3) is 3.03. The maximum Gasteiger partial charge on any atom is 0.211 e. The summed E-state index contributed by atoms with van der Waals surface area (Å²) in [6, 6.07) is 0. The maximum absolute atomic E-state index is 9.62. The van der Waals surface area contributed by atoms with Gasteiger partial charge in [0.15, 0.2) is 0 Å². The van der Waals surface area contributed by atoms with Crippen LogP contribution in [-0.4, -0.2) is 6.41 Å². The molecule has 0 aromatic carbocycles. The number of allylic oxidation sites excluding steroid dienone is 2. The first kappa shape index (κ1) is 6.21. The Labute approximate surface area is 43.2 Å². The monoisotopic (exact) mass is 99.1 g/mol. The first-order valence-corrected chi connectivity index (χ1v) is 2.14. The topological polar surface area (TPSA) is 29.1 Å². The van der Waals surface area contributed by atoms with E-state index in [1.807, 2.05) is 19.9 Å². The molecule has 0 aliphatic rings. The van der Waals surface area contributed by atoms with Crippen LogP contribution in [0.4, 0.5) is 0 Å². The van der Waals surface area contributed by atoms with E-state index in [0.717, 1.165) is 5.70 Å². The van der Waals surface area contributed by atoms with Gasteiger partial charge in [-0.2, -0.15) is 0 Å². The molecule has 0 bridgehead atoms. The largest absolute Gasteiger partial charge is 0.333 e. The predicted octanol–water partition coefficient (Wildman–Crippen LogP) is 0.656. The number of carbonyl (C=O) groups is 1. The Morgan fingerprint density at radius 1 is 1.71 bits per heavy atom. The highest BCUT2D eigenvalue weighted by atomic mass is 16.1. The number of nitrogens with one attached hydrogen (secondary N) is 1. The SMILES string of the molecule is C/C=C(\C)NC=O. The third-order valence-electron chi connectivity index (χ3n) is 0.720. The summed E-state index contributed by atoms with van der Waals surface area (Å²) in [6.45, 7) is 3.69. The van der Waals surface area contributed by atoms with E-state index in [0.29, 0.717) is 6.41 Å². The van der Waals surface area contributed by atoms with Crippen molar-refractivity contribution >= 4 is 6.41 Å². The third-order valence-corrected chi connectivity index (χ3v) is 0.720. The van der Waals surface area contributed by atoms with Gasteiger partial charge in [0.25, 0.3) is 0 Å². The molecule has 40 valence electrons. The van der Waals surface area contributed by atoms with E-state index < -0.39 is 0 Å². The van der Waals surface area contributed by atoms with Crippen LogP contribution in [0.25, 0.3) is 0 Å². The van der Waals surface area contributed by atoms with E-state index >= 15 is 0 Å². The van der Waals surface area contributed by atoms with Gasteiger partial charge in [-0.3, -0.25) is 4.79 Å². The molecule has 0 atom stereocenters. The lowest BCUT2D eigenvalue weighted by Crippen LogP contribution is -2.05. The molecular formula is C5H9NO. The number of carbonyl (C=O) groups excluding carboxylic acids is 1. The van der Waals surface area contributed by atoms with Crippen molar-refractivity contribution in [1.29, 1.82) is 0 Å². The number of hydrogen-bond donors (Lipinski definition) is 1. The van der Waals surface area contributed by atoms with Gasteiger partial charge in [0.1, 0.15) is 0 Å². The molecule has 0 aliphatic heterocycles. The summed E-state index contributed by atoms with van der Waals surface area (Å²) in [7, 11) is 0. The molecule has 0 aromatic rings. The fourth-order valence-electron chi connectivity index (χ4n) is 0.176. The van der Waals surface area contributed by atoms with Gasteiger partial charge in [-0.15, -0.1) is 0 Å². The van der Waals surface area contributed by atoms with Crippen LogP contribution in [0.3, 0.4) is 0 Å². The fourth-order valence-corrected chi connectivity index (χ4v) is 0.176. The smallest absolute Gasteiger partial charge is 0.211 e. The zero-order valence-corrected chi connectivity index (χ0v) is 4.56. The zero-order valence-electron chi connectivity index (χ0n) is 4.56. The first-order chi connectivity index (χ1) is 3.31. The molecule has 0 heterocycles. The van der Waals surface area contributed by atoms with Gasteiger partial charge < -0.3 is 5.32 Å². The van der Waals surface area contributed by atoms with Gasteiger partial charge in [0.05, 0.1) is 0 Å². The molecule has 0 saturated carbocycles. The number of amides is 1. The molecule has 0 saturated heterocycles. The lowest BCUT2D eigenvalue weighted by Gasteiger charge is -1.90. The van der Waals surface area contributed by atoms with Crippen molar-refractivity contribution in [3.8, 4) is 0 Å². The van der Waals surface area contributed by atoms with Gasteiger partial charge in [-0.1, -0.05) is 6.08 Å². The van der Waals surface area contributed by atoms with E-state index in [1.54, 1.807) is 0 Å². The van der Waals surface area contributed by atoms with Gasteiger partial charge in [0, 0.05) is 5.70 Å². The van der Waals surface area contributed by atoms with E-state index in [9.17, 15) is 4.79 Å². The molecule has 0 radical (unpaired) electrons. The van der Waals surface area contributed by atoms with E-state index in [-0.39, 0.29) is 0 Å². The van der Waals surface area contributed by atoms with Crippen molar-refractivity contribution in [3.63, 3.8) is 0 Å². The van der Waals surface area contributed by atoms with Crippen LogP contribution in [0.5, 0.6) is 0 Å². The van der Waals surface area contributed by atoms with E-state index in [2.05, 4.69) is 5.32 Å². The van der Waals surface area contributed by atoms with Crippen molar-refractivity contribution in [2.75, 3.05) is 0 Å². The Hall–Kier alpha value is -0.790. The molecule has 0 unspecified atom stereocenters. The van der Waals surface area contributed by atoms with Crippen LogP contribution in [0, 0.1) is 0 Å². The lowest BCUT2D eigenvalue weighted by molar-refractivity contribution is -0.108. The highest BCUT2D eigenvalue weighted by Crippen LogP contribution is 1.78. The summed E-state index contributed by atoms with van der Waals surface area (Å²) in [5.41, 5.74) is 0.884. The average molecular weight is 99.1 g/mol. The molecule has 0 aromatic heterocycles. The Kier molecular flexibility index (Phi) is 3.02. The van der Waals surface area contributed by atoms with Crippen molar-refractivity contribution in [1.82, 2.24) is 5.32 Å². The lowest BCUT2D eigenvalue weighted by atomic mass is 10.5. The van der Waals surface area contributed by atoms with Gasteiger partial charge in [0.2, 0.25) is 6.41 Å². The summed E-state index contributed by atoms with van der Waals surface area (Å²) in [4.78, 5) is 9.62. The number of rotatable bonds is 2. The molecule has 0 aliphatic carbocycles. The molecule has 7 heavy (non-hydrogen) atoms. The van der Waals surface area contributed by atoms with Crippen LogP contribution in [0.1, 0.15) is 13.8 Å². The zero-order chi connectivity index (χ0) is 5.70. The van der Waals surface area contributed by atoms with Crippen molar-refractivity contribution in [2.45, 2.75) is 13.8 Å². The molecule has 2 nitrogen and oxygen atoms in total. The molecule has 1 amide bonds. The second kappa shape index (κ2) is 3.40. The minimum Gasteiger partial charge on any atom is -0.333 e. The first-order valence-electron chi connectivity index (χ1n) is 2.14. The summed E-state index contributed by atoms with van der Waals surface area (Å²) in [6.07, 6.45) is 2.49. The van der Waals surface area contributed by atoms with Crippen LogP contribution in [-0.2, 0) is 4.79 Å². The fraction of sp³-hybridized carbons (Fsp3) is 0.400. The molecule has 0 rings (SSSR count). The molecule has 0 fully saturated rings. The molecular weight excluding hydrogens is 90.1 g/mol. The summed E-state index contributed by atoms with van der Waals surface area (Å²) < 4.78 is 0. The van der Waals surface area contributed by atoms with Crippen molar-refractivity contribution in [3.05, 3.63) is 11.8 Å². The second-order valence-corrected chi connectivity index (χ2v) is 1.23. The Morgan fingerprint density at radius 3 is 2.43 bits per heavy atom. The highest BCUT2D eigenvalue weighted by molar-refractivity contribution is 5.49. The Balaban J connectivity index is 3.36. The molecule has 0 spiro atoms. The molecule has 1 N–H and O–H groups in total. The minimum atomic E-state index is 0.662. The second-order valence-electron chi connectivity index (χ2n) is 1.23. The van der Waals surface area contributed by atoms with Gasteiger partial charge in [-0.25, -0.2) is 0 Å². The number of hydrogen-bond acceptors (Lipinski definition) is 1. The summed E-state index contributed by atoms with van der Waals surface area (Å²) in [5, 5.41) is 2.48. The predicted molar refractivity (Wildman–Crippen MR) is 28.6 cm³/mol. The Bertz CT molecular complexity index is 86.1. The van der Waals surface area contributed by atoms with E-state index in [4.69, 9.17) is 0 Å². The maximum atomic E-state index is 9.62. The van der Waals surface area contributed by atoms with Crippen LogP contribution in [0.2, 0.25) is 0 Å². The normalized spacial score (nSPS) is 10.9.